The molecule has 1 saturated heterocycles. The molecule has 1 fully saturated rings. The van der Waals surface area contributed by atoms with Gasteiger partial charge in [-0.15, -0.1) is 0 Å². The second kappa shape index (κ2) is 5.89. The molecular weight excluding hydrogens is 224 g/mol. The first kappa shape index (κ1) is 12.9. The SMILES string of the molecule is CN(C)c1ccc(C(=O)N2CCCCCC2)cc1. The molecule has 0 spiro atoms. The zero-order chi connectivity index (χ0) is 13.0. The summed E-state index contributed by atoms with van der Waals surface area (Å²) >= 11 is 0. The highest BCUT2D eigenvalue weighted by molar-refractivity contribution is 5.94. The van der Waals surface area contributed by atoms with E-state index in [1.807, 2.05) is 48.2 Å². The lowest BCUT2D eigenvalue weighted by molar-refractivity contribution is 0.0761. The summed E-state index contributed by atoms with van der Waals surface area (Å²) in [4.78, 5) is 16.4. The first-order valence-electron chi connectivity index (χ1n) is 6.75. The number of rotatable bonds is 2. The van der Waals surface area contributed by atoms with E-state index in [1.54, 1.807) is 0 Å². The van der Waals surface area contributed by atoms with Gasteiger partial charge in [-0.05, 0) is 37.1 Å². The van der Waals surface area contributed by atoms with Crippen LogP contribution in [0.3, 0.4) is 0 Å². The van der Waals surface area contributed by atoms with E-state index >= 15 is 0 Å². The van der Waals surface area contributed by atoms with Gasteiger partial charge in [0, 0.05) is 38.4 Å². The van der Waals surface area contributed by atoms with Gasteiger partial charge in [0.05, 0.1) is 0 Å². The predicted octanol–water partition coefficient (Wildman–Crippen LogP) is 2.77. The molecule has 0 N–H and O–H groups in total. The van der Waals surface area contributed by atoms with Crippen LogP contribution in [-0.4, -0.2) is 38.0 Å². The zero-order valence-electron chi connectivity index (χ0n) is 11.4. The first-order valence-corrected chi connectivity index (χ1v) is 6.75. The van der Waals surface area contributed by atoms with Gasteiger partial charge in [0.25, 0.3) is 5.91 Å². The van der Waals surface area contributed by atoms with E-state index < -0.39 is 0 Å². The second-order valence-electron chi connectivity index (χ2n) is 5.15. The van der Waals surface area contributed by atoms with E-state index in [9.17, 15) is 4.79 Å². The molecule has 1 aromatic rings. The van der Waals surface area contributed by atoms with Gasteiger partial charge in [0.1, 0.15) is 0 Å². The fourth-order valence-corrected chi connectivity index (χ4v) is 2.36. The van der Waals surface area contributed by atoms with Crippen LogP contribution in [-0.2, 0) is 0 Å². The summed E-state index contributed by atoms with van der Waals surface area (Å²) in [6, 6.07) is 7.88. The molecule has 0 radical (unpaired) electrons. The van der Waals surface area contributed by atoms with Crippen molar-refractivity contribution in [3.8, 4) is 0 Å². The number of anilines is 1. The lowest BCUT2D eigenvalue weighted by atomic mass is 10.1. The highest BCUT2D eigenvalue weighted by atomic mass is 16.2. The van der Waals surface area contributed by atoms with Gasteiger partial charge in [0.2, 0.25) is 0 Å². The van der Waals surface area contributed by atoms with E-state index in [-0.39, 0.29) is 5.91 Å². The fourth-order valence-electron chi connectivity index (χ4n) is 2.36. The summed E-state index contributed by atoms with van der Waals surface area (Å²) in [7, 11) is 4.01. The average molecular weight is 246 g/mol. The Morgan fingerprint density at radius 2 is 1.56 bits per heavy atom. The molecule has 2 rings (SSSR count). The van der Waals surface area contributed by atoms with Gasteiger partial charge in [-0.1, -0.05) is 12.8 Å². The standard InChI is InChI=1S/C15H22N2O/c1-16(2)14-9-7-13(8-10-14)15(18)17-11-5-3-4-6-12-17/h7-10H,3-6,11-12H2,1-2H3. The molecule has 0 atom stereocenters. The smallest absolute Gasteiger partial charge is 0.253 e. The largest absolute Gasteiger partial charge is 0.378 e. The minimum Gasteiger partial charge on any atom is -0.378 e. The Morgan fingerprint density at radius 3 is 2.06 bits per heavy atom. The van der Waals surface area contributed by atoms with Crippen molar-refractivity contribution in [3.63, 3.8) is 0 Å². The molecule has 0 aliphatic carbocycles. The van der Waals surface area contributed by atoms with Crippen LogP contribution in [0.5, 0.6) is 0 Å². The fraction of sp³-hybridized carbons (Fsp3) is 0.533. The van der Waals surface area contributed by atoms with Crippen molar-refractivity contribution in [1.82, 2.24) is 4.90 Å². The number of benzene rings is 1. The minimum absolute atomic E-state index is 0.183. The van der Waals surface area contributed by atoms with E-state index in [4.69, 9.17) is 0 Å². The van der Waals surface area contributed by atoms with Crippen molar-refractivity contribution in [2.24, 2.45) is 0 Å². The maximum Gasteiger partial charge on any atom is 0.253 e. The summed E-state index contributed by atoms with van der Waals surface area (Å²) < 4.78 is 0. The molecule has 0 bridgehead atoms. The summed E-state index contributed by atoms with van der Waals surface area (Å²) in [5.74, 6) is 0.183. The third-order valence-electron chi connectivity index (χ3n) is 3.52. The molecule has 98 valence electrons. The highest BCUT2D eigenvalue weighted by Gasteiger charge is 2.16. The Balaban J connectivity index is 2.07. The van der Waals surface area contributed by atoms with Crippen LogP contribution in [0.4, 0.5) is 5.69 Å². The average Bonchev–Trinajstić information content (AvgIpc) is 2.67. The van der Waals surface area contributed by atoms with Crippen molar-refractivity contribution in [2.75, 3.05) is 32.1 Å². The summed E-state index contributed by atoms with van der Waals surface area (Å²) in [6.45, 7) is 1.82. The van der Waals surface area contributed by atoms with Crippen LogP contribution in [0.2, 0.25) is 0 Å². The molecule has 1 heterocycles. The van der Waals surface area contributed by atoms with Gasteiger partial charge in [-0.3, -0.25) is 4.79 Å². The number of likely N-dealkylation sites (tertiary alicyclic amines) is 1. The normalized spacial score (nSPS) is 16.2. The Labute approximate surface area is 109 Å². The lowest BCUT2D eigenvalue weighted by Gasteiger charge is -2.20. The van der Waals surface area contributed by atoms with Gasteiger partial charge in [-0.2, -0.15) is 0 Å². The van der Waals surface area contributed by atoms with Crippen LogP contribution in [0.25, 0.3) is 0 Å². The number of hydrogen-bond acceptors (Lipinski definition) is 2. The van der Waals surface area contributed by atoms with Crippen LogP contribution in [0, 0.1) is 0 Å². The van der Waals surface area contributed by atoms with Crippen LogP contribution >= 0.6 is 0 Å². The minimum atomic E-state index is 0.183. The first-order chi connectivity index (χ1) is 8.68. The molecular formula is C15H22N2O. The monoisotopic (exact) mass is 246 g/mol. The third-order valence-corrected chi connectivity index (χ3v) is 3.52. The topological polar surface area (TPSA) is 23.6 Å². The van der Waals surface area contributed by atoms with Crippen LogP contribution < -0.4 is 4.90 Å². The van der Waals surface area contributed by atoms with Gasteiger partial charge < -0.3 is 9.80 Å². The molecule has 0 aromatic heterocycles. The molecule has 3 nitrogen and oxygen atoms in total. The number of carbonyl (C=O) groups is 1. The van der Waals surface area contributed by atoms with Crippen LogP contribution in [0.15, 0.2) is 24.3 Å². The highest BCUT2D eigenvalue weighted by Crippen LogP contribution is 2.16. The maximum absolute atomic E-state index is 12.3. The molecule has 3 heteroatoms. The molecule has 0 unspecified atom stereocenters. The van der Waals surface area contributed by atoms with Gasteiger partial charge in [0.15, 0.2) is 0 Å². The maximum atomic E-state index is 12.3. The Hall–Kier alpha value is -1.51. The van der Waals surface area contributed by atoms with Crippen molar-refractivity contribution >= 4 is 11.6 Å². The number of hydrogen-bond donors (Lipinski definition) is 0. The predicted molar refractivity (Wildman–Crippen MR) is 75.1 cm³/mol. The van der Waals surface area contributed by atoms with E-state index in [0.29, 0.717) is 0 Å². The molecule has 18 heavy (non-hydrogen) atoms. The van der Waals surface area contributed by atoms with Crippen molar-refractivity contribution < 1.29 is 4.79 Å². The quantitative estimate of drug-likeness (QED) is 0.801. The molecule has 0 saturated carbocycles. The van der Waals surface area contributed by atoms with E-state index in [0.717, 1.165) is 37.2 Å². The van der Waals surface area contributed by atoms with Gasteiger partial charge >= 0.3 is 0 Å². The van der Waals surface area contributed by atoms with E-state index in [2.05, 4.69) is 0 Å². The van der Waals surface area contributed by atoms with Gasteiger partial charge in [-0.25, -0.2) is 0 Å². The van der Waals surface area contributed by atoms with Crippen molar-refractivity contribution in [2.45, 2.75) is 25.7 Å². The molecule has 1 amide bonds. The third kappa shape index (κ3) is 3.03. The van der Waals surface area contributed by atoms with Crippen molar-refractivity contribution in [3.05, 3.63) is 29.8 Å². The Morgan fingerprint density at radius 1 is 1.00 bits per heavy atom. The lowest BCUT2D eigenvalue weighted by Crippen LogP contribution is -2.31. The van der Waals surface area contributed by atoms with Crippen molar-refractivity contribution in [1.29, 1.82) is 0 Å². The summed E-state index contributed by atoms with van der Waals surface area (Å²) in [5, 5.41) is 0. The number of amides is 1. The van der Waals surface area contributed by atoms with Crippen LogP contribution in [0.1, 0.15) is 36.0 Å². The zero-order valence-corrected chi connectivity index (χ0v) is 11.4. The Bertz CT molecular complexity index is 389. The molecule has 1 aliphatic rings. The molecule has 1 aromatic carbocycles. The number of nitrogens with zero attached hydrogens (tertiary/aromatic N) is 2. The summed E-state index contributed by atoms with van der Waals surface area (Å²) in [5.41, 5.74) is 1.94. The number of carbonyl (C=O) groups excluding carboxylic acids is 1. The summed E-state index contributed by atoms with van der Waals surface area (Å²) in [6.07, 6.45) is 4.79. The van der Waals surface area contributed by atoms with E-state index in [1.165, 1.54) is 12.8 Å². The second-order valence-corrected chi connectivity index (χ2v) is 5.15. The molecule has 1 aliphatic heterocycles. The Kier molecular flexibility index (Phi) is 4.24.